The molecule has 5 N–H and O–H groups in total. The van der Waals surface area contributed by atoms with Crippen molar-refractivity contribution in [2.24, 2.45) is 11.6 Å². The van der Waals surface area contributed by atoms with Crippen LogP contribution in [0.2, 0.25) is 0 Å². The molecule has 1 aliphatic heterocycles. The number of nitrogens with one attached hydrogen (secondary N) is 1. The van der Waals surface area contributed by atoms with Crippen molar-refractivity contribution >= 4 is 11.6 Å². The zero-order valence-electron chi connectivity index (χ0n) is 15.9. The molecular formula is C20H30N4O3. The minimum absolute atomic E-state index is 0.119. The van der Waals surface area contributed by atoms with Gasteiger partial charge in [0.2, 0.25) is 5.91 Å². The van der Waals surface area contributed by atoms with Crippen LogP contribution >= 0.6 is 0 Å². The molecule has 7 heteroatoms. The van der Waals surface area contributed by atoms with Crippen LogP contribution in [0.15, 0.2) is 42.6 Å². The fraction of sp³-hybridized carbons (Fsp3) is 0.450. The molecule has 0 aliphatic carbocycles. The van der Waals surface area contributed by atoms with Gasteiger partial charge in [-0.15, -0.1) is 0 Å². The molecule has 0 saturated carbocycles. The first-order valence-electron chi connectivity index (χ1n) is 9.20. The van der Waals surface area contributed by atoms with Crippen molar-refractivity contribution in [1.29, 1.82) is 0 Å². The van der Waals surface area contributed by atoms with Crippen LogP contribution in [-0.4, -0.2) is 37.0 Å². The van der Waals surface area contributed by atoms with Crippen LogP contribution in [0.4, 0.5) is 0 Å². The summed E-state index contributed by atoms with van der Waals surface area (Å²) in [5, 5.41) is 4.31. The second kappa shape index (κ2) is 10.7. The first-order chi connectivity index (χ1) is 13.0. The summed E-state index contributed by atoms with van der Waals surface area (Å²) < 4.78 is 11.2. The number of nitrogens with two attached hydrogens (primary N) is 2. The topological polar surface area (TPSA) is 103 Å². The number of hydrogen-bond donors (Lipinski definition) is 3. The highest BCUT2D eigenvalue weighted by molar-refractivity contribution is 5.92. The van der Waals surface area contributed by atoms with E-state index in [1.807, 2.05) is 24.3 Å². The van der Waals surface area contributed by atoms with Crippen LogP contribution in [0.25, 0.3) is 5.70 Å². The van der Waals surface area contributed by atoms with Gasteiger partial charge >= 0.3 is 0 Å². The molecule has 0 radical (unpaired) electrons. The van der Waals surface area contributed by atoms with Crippen LogP contribution in [0.1, 0.15) is 37.3 Å². The van der Waals surface area contributed by atoms with E-state index >= 15 is 0 Å². The molecule has 0 spiro atoms. The Morgan fingerprint density at radius 2 is 2.15 bits per heavy atom. The summed E-state index contributed by atoms with van der Waals surface area (Å²) in [6.45, 7) is 7.49. The Hall–Kier alpha value is -2.35. The van der Waals surface area contributed by atoms with E-state index in [2.05, 4.69) is 11.9 Å². The van der Waals surface area contributed by atoms with Gasteiger partial charge in [-0.3, -0.25) is 4.79 Å². The van der Waals surface area contributed by atoms with Crippen molar-refractivity contribution in [1.82, 2.24) is 10.3 Å². The summed E-state index contributed by atoms with van der Waals surface area (Å²) in [6.07, 6.45) is 4.73. The predicted octanol–water partition coefficient (Wildman–Crippen LogP) is 1.85. The van der Waals surface area contributed by atoms with Crippen LogP contribution in [0.5, 0.6) is 0 Å². The molecule has 27 heavy (non-hydrogen) atoms. The summed E-state index contributed by atoms with van der Waals surface area (Å²) in [5.41, 5.74) is 9.00. The van der Waals surface area contributed by atoms with Crippen molar-refractivity contribution in [3.05, 3.63) is 53.7 Å². The minimum atomic E-state index is -0.155. The molecule has 1 aromatic rings. The van der Waals surface area contributed by atoms with Gasteiger partial charge in [-0.05, 0) is 37.3 Å². The Morgan fingerprint density at radius 3 is 2.78 bits per heavy atom. The monoisotopic (exact) mass is 374 g/mol. The zero-order chi connectivity index (χ0) is 19.6. The number of amides is 1. The van der Waals surface area contributed by atoms with Gasteiger partial charge in [0, 0.05) is 24.9 Å². The van der Waals surface area contributed by atoms with Gasteiger partial charge in [-0.1, -0.05) is 30.8 Å². The first kappa shape index (κ1) is 21.0. The number of hydrazine groups is 1. The van der Waals surface area contributed by atoms with Gasteiger partial charge < -0.3 is 25.5 Å². The third-order valence-corrected chi connectivity index (χ3v) is 4.22. The molecular weight excluding hydrogens is 344 g/mol. The largest absolute Gasteiger partial charge is 0.397 e. The molecule has 1 unspecified atom stereocenters. The summed E-state index contributed by atoms with van der Waals surface area (Å²) in [7, 11) is 0. The fourth-order valence-electron chi connectivity index (χ4n) is 2.60. The van der Waals surface area contributed by atoms with Gasteiger partial charge in [-0.2, -0.15) is 0 Å². The lowest BCUT2D eigenvalue weighted by Gasteiger charge is -2.23. The van der Waals surface area contributed by atoms with E-state index in [-0.39, 0.29) is 12.2 Å². The van der Waals surface area contributed by atoms with Gasteiger partial charge in [0.1, 0.15) is 0 Å². The molecule has 0 bridgehead atoms. The summed E-state index contributed by atoms with van der Waals surface area (Å²) in [4.78, 5) is 11.5. The lowest BCUT2D eigenvalue weighted by Crippen LogP contribution is -2.32. The molecule has 1 aromatic carbocycles. The number of ether oxygens (including phenoxy) is 2. The van der Waals surface area contributed by atoms with Crippen molar-refractivity contribution in [2.75, 3.05) is 19.8 Å². The van der Waals surface area contributed by atoms with E-state index in [0.29, 0.717) is 31.0 Å². The quantitative estimate of drug-likeness (QED) is 0.346. The lowest BCUT2D eigenvalue weighted by atomic mass is 10.1. The van der Waals surface area contributed by atoms with Crippen LogP contribution < -0.4 is 16.9 Å². The smallest absolute Gasteiger partial charge is 0.246 e. The average molecular weight is 374 g/mol. The first-order valence-corrected chi connectivity index (χ1v) is 9.20. The number of benzene rings is 1. The molecule has 0 aromatic heterocycles. The minimum Gasteiger partial charge on any atom is -0.397 e. The highest BCUT2D eigenvalue weighted by atomic mass is 16.7. The number of carbonyl (C=O) groups is 1. The Balaban J connectivity index is 1.78. The Labute approximate surface area is 161 Å². The Morgan fingerprint density at radius 1 is 1.41 bits per heavy atom. The van der Waals surface area contributed by atoms with E-state index in [1.165, 1.54) is 5.01 Å². The highest BCUT2D eigenvalue weighted by Crippen LogP contribution is 2.14. The van der Waals surface area contributed by atoms with Crippen LogP contribution in [-0.2, 0) is 20.8 Å². The molecule has 7 nitrogen and oxygen atoms in total. The normalized spacial score (nSPS) is 17.4. The molecule has 2 rings (SSSR count). The maximum atomic E-state index is 11.5. The average Bonchev–Trinajstić information content (AvgIpc) is 2.67. The molecule has 1 atom stereocenters. The molecule has 1 amide bonds. The lowest BCUT2D eigenvalue weighted by molar-refractivity contribution is -0.163. The van der Waals surface area contributed by atoms with E-state index in [0.717, 1.165) is 37.0 Å². The maximum Gasteiger partial charge on any atom is 0.246 e. The van der Waals surface area contributed by atoms with Crippen molar-refractivity contribution in [3.63, 3.8) is 0 Å². The van der Waals surface area contributed by atoms with Gasteiger partial charge in [-0.25, -0.2) is 5.84 Å². The van der Waals surface area contributed by atoms with Crippen LogP contribution in [0.3, 0.4) is 0 Å². The number of hydrogen-bond acceptors (Lipinski definition) is 6. The second-order valence-corrected chi connectivity index (χ2v) is 6.65. The summed E-state index contributed by atoms with van der Waals surface area (Å²) in [5.74, 6) is 5.81. The standard InChI is InChI=1S/C20H30N4O3/c1-15(2)20(25)23-13-16-6-8-17(9-7-16)18(21)14-24(22)10-12-27-19-5-3-4-11-26-19/h6-9,14,19H,1,3-5,10-13,21-22H2,2H3,(H,23,25)/b18-14-. The molecule has 148 valence electrons. The highest BCUT2D eigenvalue weighted by Gasteiger charge is 2.13. The van der Waals surface area contributed by atoms with E-state index in [9.17, 15) is 4.79 Å². The number of carbonyl (C=O) groups excluding carboxylic acids is 1. The van der Waals surface area contributed by atoms with E-state index < -0.39 is 0 Å². The number of rotatable bonds is 9. The molecule has 1 aliphatic rings. The Kier molecular flexibility index (Phi) is 8.32. The Bertz CT molecular complexity index is 652. The van der Waals surface area contributed by atoms with E-state index in [1.54, 1.807) is 13.1 Å². The SMILES string of the molecule is C=C(C)C(=O)NCc1ccc(/C(N)=C/N(N)CCOC2CCCCO2)cc1. The summed E-state index contributed by atoms with van der Waals surface area (Å²) >= 11 is 0. The molecule has 1 heterocycles. The summed E-state index contributed by atoms with van der Waals surface area (Å²) in [6, 6.07) is 7.63. The maximum absolute atomic E-state index is 11.5. The second-order valence-electron chi connectivity index (χ2n) is 6.65. The van der Waals surface area contributed by atoms with E-state index in [4.69, 9.17) is 21.1 Å². The number of nitrogens with zero attached hydrogens (tertiary/aromatic N) is 1. The van der Waals surface area contributed by atoms with Crippen molar-refractivity contribution in [2.45, 2.75) is 39.0 Å². The van der Waals surface area contributed by atoms with Crippen molar-refractivity contribution in [3.8, 4) is 0 Å². The van der Waals surface area contributed by atoms with Crippen molar-refractivity contribution < 1.29 is 14.3 Å². The molecule has 1 saturated heterocycles. The van der Waals surface area contributed by atoms with Gasteiger partial charge in [0.25, 0.3) is 0 Å². The zero-order valence-corrected chi connectivity index (χ0v) is 15.9. The van der Waals surface area contributed by atoms with Crippen LogP contribution in [0, 0.1) is 0 Å². The third-order valence-electron chi connectivity index (χ3n) is 4.22. The van der Waals surface area contributed by atoms with Gasteiger partial charge in [0.05, 0.1) is 18.8 Å². The third kappa shape index (κ3) is 7.42. The molecule has 1 fully saturated rings. The van der Waals surface area contributed by atoms with Gasteiger partial charge in [0.15, 0.2) is 6.29 Å². The fourth-order valence-corrected chi connectivity index (χ4v) is 2.60. The predicted molar refractivity (Wildman–Crippen MR) is 106 cm³/mol.